The average molecular weight is 376 g/mol. The smallest absolute Gasteiger partial charge is 0.274 e. The number of nitrogens with one attached hydrogen (secondary N) is 2. The van der Waals surface area contributed by atoms with Crippen LogP contribution in [0.1, 0.15) is 30.8 Å². The maximum absolute atomic E-state index is 12.5. The molecule has 3 rings (SSSR count). The van der Waals surface area contributed by atoms with Crippen molar-refractivity contribution in [3.05, 3.63) is 72.7 Å². The molecule has 0 saturated carbocycles. The van der Waals surface area contributed by atoms with E-state index in [4.69, 9.17) is 4.74 Å². The monoisotopic (exact) mass is 376 g/mol. The number of amides is 1. The van der Waals surface area contributed by atoms with Gasteiger partial charge in [0.05, 0.1) is 0 Å². The highest BCUT2D eigenvalue weighted by Crippen LogP contribution is 2.22. The molecule has 28 heavy (non-hydrogen) atoms. The molecule has 0 radical (unpaired) electrons. The van der Waals surface area contributed by atoms with Crippen LogP contribution in [0.5, 0.6) is 11.5 Å². The minimum absolute atomic E-state index is 0.286. The predicted molar refractivity (Wildman–Crippen MR) is 111 cm³/mol. The van der Waals surface area contributed by atoms with Gasteiger partial charge >= 0.3 is 0 Å². The third kappa shape index (κ3) is 5.81. The molecular weight excluding hydrogens is 352 g/mol. The van der Waals surface area contributed by atoms with E-state index in [1.165, 1.54) is 6.33 Å². The highest BCUT2D eigenvalue weighted by molar-refractivity contribution is 6.03. The number of para-hydroxylation sites is 1. The zero-order valence-corrected chi connectivity index (χ0v) is 16.1. The van der Waals surface area contributed by atoms with E-state index in [9.17, 15) is 4.79 Å². The van der Waals surface area contributed by atoms with Crippen molar-refractivity contribution in [3.8, 4) is 11.5 Å². The molecule has 0 saturated heterocycles. The number of carbonyl (C=O) groups excluding carboxylic acids is 1. The van der Waals surface area contributed by atoms with Crippen LogP contribution in [0.2, 0.25) is 0 Å². The molecule has 3 aromatic rings. The number of hydrogen-bond donors (Lipinski definition) is 2. The van der Waals surface area contributed by atoms with Gasteiger partial charge in [-0.25, -0.2) is 9.97 Å². The number of aromatic nitrogens is 2. The van der Waals surface area contributed by atoms with Gasteiger partial charge in [0.2, 0.25) is 0 Å². The molecule has 0 aliphatic carbocycles. The number of carbonyl (C=O) groups is 1. The van der Waals surface area contributed by atoms with Crippen LogP contribution in [0.15, 0.2) is 67.0 Å². The van der Waals surface area contributed by atoms with Gasteiger partial charge in [-0.15, -0.1) is 0 Å². The lowest BCUT2D eigenvalue weighted by molar-refractivity contribution is 0.102. The van der Waals surface area contributed by atoms with Crippen LogP contribution >= 0.6 is 0 Å². The summed E-state index contributed by atoms with van der Waals surface area (Å²) in [6.45, 7) is 5.13. The molecule has 2 aromatic carbocycles. The molecule has 0 unspecified atom stereocenters. The lowest BCUT2D eigenvalue weighted by atomic mass is 10.1. The van der Waals surface area contributed by atoms with Crippen LogP contribution in [-0.4, -0.2) is 22.4 Å². The van der Waals surface area contributed by atoms with Gasteiger partial charge in [0, 0.05) is 18.3 Å². The molecule has 6 nitrogen and oxygen atoms in total. The van der Waals surface area contributed by atoms with Gasteiger partial charge in [0.1, 0.15) is 29.3 Å². The largest absolute Gasteiger partial charge is 0.457 e. The van der Waals surface area contributed by atoms with E-state index < -0.39 is 0 Å². The van der Waals surface area contributed by atoms with Gasteiger partial charge in [-0.3, -0.25) is 4.79 Å². The molecule has 1 aromatic heterocycles. The molecule has 2 N–H and O–H groups in total. The Bertz CT molecular complexity index is 896. The molecule has 1 heterocycles. The number of anilines is 2. The summed E-state index contributed by atoms with van der Waals surface area (Å²) < 4.78 is 5.75. The Balaban J connectivity index is 1.58. The SMILES string of the molecule is CC(C)CCNc1cc(C(=O)Nc2ccc(Oc3ccccc3)cc2)ncn1. The first-order chi connectivity index (χ1) is 13.6. The Morgan fingerprint density at radius 2 is 1.71 bits per heavy atom. The molecule has 1 amide bonds. The Labute approximate surface area is 165 Å². The minimum Gasteiger partial charge on any atom is -0.457 e. The van der Waals surface area contributed by atoms with E-state index >= 15 is 0 Å². The molecule has 0 aliphatic heterocycles. The number of hydrogen-bond acceptors (Lipinski definition) is 5. The zero-order chi connectivity index (χ0) is 19.8. The first kappa shape index (κ1) is 19.4. The van der Waals surface area contributed by atoms with E-state index in [1.807, 2.05) is 42.5 Å². The minimum atomic E-state index is -0.286. The molecule has 0 spiro atoms. The summed E-state index contributed by atoms with van der Waals surface area (Å²) >= 11 is 0. The van der Waals surface area contributed by atoms with E-state index in [0.717, 1.165) is 18.7 Å². The molecule has 0 atom stereocenters. The lowest BCUT2D eigenvalue weighted by Crippen LogP contribution is -2.15. The zero-order valence-electron chi connectivity index (χ0n) is 16.1. The first-order valence-electron chi connectivity index (χ1n) is 9.30. The second kappa shape index (κ2) is 9.50. The number of benzene rings is 2. The van der Waals surface area contributed by atoms with Crippen molar-refractivity contribution in [3.63, 3.8) is 0 Å². The van der Waals surface area contributed by atoms with Gasteiger partial charge in [0.15, 0.2) is 0 Å². The molecule has 0 fully saturated rings. The highest BCUT2D eigenvalue weighted by atomic mass is 16.5. The molecular formula is C22H24N4O2. The topological polar surface area (TPSA) is 76.1 Å². The maximum Gasteiger partial charge on any atom is 0.274 e. The molecule has 6 heteroatoms. The molecule has 0 bridgehead atoms. The van der Waals surface area contributed by atoms with Crippen LogP contribution in [0.4, 0.5) is 11.5 Å². The number of nitrogens with zero attached hydrogens (tertiary/aromatic N) is 2. The predicted octanol–water partition coefficient (Wildman–Crippen LogP) is 4.98. The summed E-state index contributed by atoms with van der Waals surface area (Å²) in [4.78, 5) is 20.7. The van der Waals surface area contributed by atoms with Gasteiger partial charge < -0.3 is 15.4 Å². The van der Waals surface area contributed by atoms with Crippen molar-refractivity contribution in [2.24, 2.45) is 5.92 Å². The Morgan fingerprint density at radius 1 is 1.00 bits per heavy atom. The van der Waals surface area contributed by atoms with Crippen LogP contribution in [0.25, 0.3) is 0 Å². The van der Waals surface area contributed by atoms with Crippen molar-refractivity contribution >= 4 is 17.4 Å². The summed E-state index contributed by atoms with van der Waals surface area (Å²) in [7, 11) is 0. The van der Waals surface area contributed by atoms with Crippen molar-refractivity contribution in [2.75, 3.05) is 17.2 Å². The van der Waals surface area contributed by atoms with Crippen molar-refractivity contribution < 1.29 is 9.53 Å². The van der Waals surface area contributed by atoms with Crippen molar-refractivity contribution in [1.82, 2.24) is 9.97 Å². The first-order valence-corrected chi connectivity index (χ1v) is 9.30. The second-order valence-corrected chi connectivity index (χ2v) is 6.79. The van der Waals surface area contributed by atoms with E-state index in [0.29, 0.717) is 28.9 Å². The van der Waals surface area contributed by atoms with Crippen LogP contribution in [0.3, 0.4) is 0 Å². The summed E-state index contributed by atoms with van der Waals surface area (Å²) in [5, 5.41) is 6.06. The van der Waals surface area contributed by atoms with Crippen LogP contribution in [-0.2, 0) is 0 Å². The van der Waals surface area contributed by atoms with Crippen molar-refractivity contribution in [1.29, 1.82) is 0 Å². The van der Waals surface area contributed by atoms with Gasteiger partial charge in [-0.2, -0.15) is 0 Å². The van der Waals surface area contributed by atoms with Gasteiger partial charge in [-0.05, 0) is 48.7 Å². The summed E-state index contributed by atoms with van der Waals surface area (Å²) in [6, 6.07) is 18.4. The average Bonchev–Trinajstić information content (AvgIpc) is 2.70. The maximum atomic E-state index is 12.5. The highest BCUT2D eigenvalue weighted by Gasteiger charge is 2.09. The Kier molecular flexibility index (Phi) is 6.57. The summed E-state index contributed by atoms with van der Waals surface area (Å²) in [6.07, 6.45) is 2.42. The normalized spacial score (nSPS) is 10.5. The third-order valence-electron chi connectivity index (χ3n) is 4.02. The standard InChI is InChI=1S/C22H24N4O2/c1-16(2)12-13-23-21-14-20(24-15-25-21)22(27)26-17-8-10-19(11-9-17)28-18-6-4-3-5-7-18/h3-11,14-16H,12-13H2,1-2H3,(H,26,27)(H,23,24,25). The molecule has 144 valence electrons. The lowest BCUT2D eigenvalue weighted by Gasteiger charge is -2.09. The quantitative estimate of drug-likeness (QED) is 0.580. The fourth-order valence-electron chi connectivity index (χ4n) is 2.49. The number of ether oxygens (including phenoxy) is 1. The number of rotatable bonds is 8. The van der Waals surface area contributed by atoms with Crippen LogP contribution in [0, 0.1) is 5.92 Å². The second-order valence-electron chi connectivity index (χ2n) is 6.79. The Hall–Kier alpha value is -3.41. The third-order valence-corrected chi connectivity index (χ3v) is 4.02. The van der Waals surface area contributed by atoms with Crippen molar-refractivity contribution in [2.45, 2.75) is 20.3 Å². The van der Waals surface area contributed by atoms with Gasteiger partial charge in [0.25, 0.3) is 5.91 Å². The fourth-order valence-corrected chi connectivity index (χ4v) is 2.49. The van der Waals surface area contributed by atoms with E-state index in [1.54, 1.807) is 18.2 Å². The summed E-state index contributed by atoms with van der Waals surface area (Å²) in [5.41, 5.74) is 0.977. The fraction of sp³-hybridized carbons (Fsp3) is 0.227. The van der Waals surface area contributed by atoms with E-state index in [2.05, 4.69) is 34.4 Å². The van der Waals surface area contributed by atoms with E-state index in [-0.39, 0.29) is 5.91 Å². The van der Waals surface area contributed by atoms with Gasteiger partial charge in [-0.1, -0.05) is 32.0 Å². The van der Waals surface area contributed by atoms with Crippen LogP contribution < -0.4 is 15.4 Å². The molecule has 0 aliphatic rings. The Morgan fingerprint density at radius 3 is 2.43 bits per heavy atom. The summed E-state index contributed by atoms with van der Waals surface area (Å²) in [5.74, 6) is 2.42.